The molecule has 2 N–H and O–H groups in total. The smallest absolute Gasteiger partial charge is 0.128 e. The summed E-state index contributed by atoms with van der Waals surface area (Å²) in [5.74, 6) is 1.27. The Balaban J connectivity index is 1.54. The van der Waals surface area contributed by atoms with E-state index in [0.29, 0.717) is 17.1 Å². The Morgan fingerprint density at radius 2 is 1.91 bits per heavy atom. The highest BCUT2D eigenvalue weighted by Gasteiger charge is 2.09. The minimum Gasteiger partial charge on any atom is -0.491 e. The zero-order chi connectivity index (χ0) is 16.1. The molecule has 0 fully saturated rings. The van der Waals surface area contributed by atoms with Crippen LogP contribution in [0.1, 0.15) is 5.56 Å². The molecule has 1 heterocycles. The van der Waals surface area contributed by atoms with Crippen molar-refractivity contribution in [3.05, 3.63) is 60.3 Å². The average Bonchev–Trinajstić information content (AvgIpc) is 3.07. The number of aromatic nitrogens is 1. The molecule has 0 bridgehead atoms. The summed E-state index contributed by atoms with van der Waals surface area (Å²) in [6, 6.07) is 16.5. The first kappa shape index (κ1) is 14.9. The summed E-state index contributed by atoms with van der Waals surface area (Å²) in [5, 5.41) is 19.8. The molecule has 3 rings (SSSR count). The molecule has 23 heavy (non-hydrogen) atoms. The number of aliphatic hydroxyl groups excluding tert-OH is 1. The maximum Gasteiger partial charge on any atom is 0.128 e. The molecule has 5 nitrogen and oxygen atoms in total. The van der Waals surface area contributed by atoms with E-state index in [2.05, 4.69) is 4.98 Å². The van der Waals surface area contributed by atoms with E-state index in [1.165, 1.54) is 0 Å². The van der Waals surface area contributed by atoms with Crippen molar-refractivity contribution in [1.29, 1.82) is 5.26 Å². The van der Waals surface area contributed by atoms with Crippen molar-refractivity contribution < 1.29 is 14.6 Å². The number of hydrogen-bond donors (Lipinski definition) is 2. The van der Waals surface area contributed by atoms with Gasteiger partial charge in [-0.15, -0.1) is 0 Å². The van der Waals surface area contributed by atoms with Crippen LogP contribution in [0.2, 0.25) is 0 Å². The van der Waals surface area contributed by atoms with Crippen molar-refractivity contribution in [1.82, 2.24) is 4.98 Å². The zero-order valence-electron chi connectivity index (χ0n) is 12.4. The molecule has 0 aliphatic rings. The molecule has 2 aromatic carbocycles. The summed E-state index contributed by atoms with van der Waals surface area (Å²) in [6.45, 7) is 0.222. The fraction of sp³-hybridized carbons (Fsp3) is 0.167. The SMILES string of the molecule is N#Cc1cccc(OCC(O)COc2cccc3[nH]ccc23)c1. The van der Waals surface area contributed by atoms with Gasteiger partial charge >= 0.3 is 0 Å². The summed E-state index contributed by atoms with van der Waals surface area (Å²) in [5.41, 5.74) is 1.51. The van der Waals surface area contributed by atoms with Crippen molar-refractivity contribution in [3.8, 4) is 17.6 Å². The number of nitrogens with one attached hydrogen (secondary N) is 1. The van der Waals surface area contributed by atoms with Crippen LogP contribution in [0.5, 0.6) is 11.5 Å². The molecule has 1 atom stereocenters. The summed E-state index contributed by atoms with van der Waals surface area (Å²) in [4.78, 5) is 3.11. The number of fused-ring (bicyclic) bond motifs is 1. The standard InChI is InChI=1S/C18H16N2O3/c19-10-13-3-1-4-15(9-13)22-11-14(21)12-23-18-6-2-5-17-16(18)7-8-20-17/h1-9,14,20-21H,11-12H2. The maximum absolute atomic E-state index is 10.00. The molecule has 1 aromatic heterocycles. The number of aromatic amines is 1. The lowest BCUT2D eigenvalue weighted by Gasteiger charge is -2.14. The van der Waals surface area contributed by atoms with Crippen molar-refractivity contribution in [2.45, 2.75) is 6.10 Å². The molecule has 0 saturated carbocycles. The van der Waals surface area contributed by atoms with E-state index in [-0.39, 0.29) is 13.2 Å². The van der Waals surface area contributed by atoms with Gasteiger partial charge in [0.05, 0.1) is 11.6 Å². The van der Waals surface area contributed by atoms with Crippen molar-refractivity contribution >= 4 is 10.9 Å². The second-order valence-corrected chi connectivity index (χ2v) is 5.11. The van der Waals surface area contributed by atoms with E-state index < -0.39 is 6.10 Å². The minimum absolute atomic E-state index is 0.0952. The van der Waals surface area contributed by atoms with Crippen LogP contribution in [0.4, 0.5) is 0 Å². The first-order chi connectivity index (χ1) is 11.3. The molecule has 0 spiro atoms. The number of hydrogen-bond acceptors (Lipinski definition) is 4. The second-order valence-electron chi connectivity index (χ2n) is 5.11. The first-order valence-corrected chi connectivity index (χ1v) is 7.26. The lowest BCUT2D eigenvalue weighted by molar-refractivity contribution is 0.0632. The largest absolute Gasteiger partial charge is 0.491 e. The van der Waals surface area contributed by atoms with Gasteiger partial charge in [0, 0.05) is 17.1 Å². The minimum atomic E-state index is -0.769. The summed E-state index contributed by atoms with van der Waals surface area (Å²) in [7, 11) is 0. The lowest BCUT2D eigenvalue weighted by atomic mass is 10.2. The lowest BCUT2D eigenvalue weighted by Crippen LogP contribution is -2.25. The van der Waals surface area contributed by atoms with Gasteiger partial charge in [0.25, 0.3) is 0 Å². The highest BCUT2D eigenvalue weighted by molar-refractivity contribution is 5.85. The molecule has 116 valence electrons. The highest BCUT2D eigenvalue weighted by atomic mass is 16.5. The number of ether oxygens (including phenoxy) is 2. The van der Waals surface area contributed by atoms with Gasteiger partial charge in [-0.1, -0.05) is 12.1 Å². The number of rotatable bonds is 6. The Bertz CT molecular complexity index is 835. The molecule has 0 aliphatic heterocycles. The Morgan fingerprint density at radius 1 is 1.09 bits per heavy atom. The van der Waals surface area contributed by atoms with Crippen molar-refractivity contribution in [2.24, 2.45) is 0 Å². The molecular formula is C18H16N2O3. The molecule has 1 unspecified atom stereocenters. The van der Waals surface area contributed by atoms with Gasteiger partial charge in [-0.2, -0.15) is 5.26 Å². The normalized spacial score (nSPS) is 11.8. The van der Waals surface area contributed by atoms with Crippen LogP contribution in [-0.4, -0.2) is 29.4 Å². The molecule has 5 heteroatoms. The quantitative estimate of drug-likeness (QED) is 0.734. The molecular weight excluding hydrogens is 292 g/mol. The zero-order valence-corrected chi connectivity index (χ0v) is 12.4. The Morgan fingerprint density at radius 3 is 2.78 bits per heavy atom. The van der Waals surface area contributed by atoms with E-state index >= 15 is 0 Å². The molecule has 3 aromatic rings. The van der Waals surface area contributed by atoms with E-state index in [1.54, 1.807) is 24.3 Å². The predicted molar refractivity (Wildman–Crippen MR) is 86.5 cm³/mol. The summed E-state index contributed by atoms with van der Waals surface area (Å²) >= 11 is 0. The van der Waals surface area contributed by atoms with Gasteiger partial charge in [0.15, 0.2) is 0 Å². The highest BCUT2D eigenvalue weighted by Crippen LogP contribution is 2.24. The topological polar surface area (TPSA) is 78.3 Å². The third kappa shape index (κ3) is 3.62. The van der Waals surface area contributed by atoms with E-state index in [4.69, 9.17) is 14.7 Å². The van der Waals surface area contributed by atoms with E-state index in [0.717, 1.165) is 10.9 Å². The Kier molecular flexibility index (Phi) is 4.46. The Hall–Kier alpha value is -2.97. The molecule has 0 saturated heterocycles. The number of aliphatic hydroxyl groups is 1. The summed E-state index contributed by atoms with van der Waals surface area (Å²) < 4.78 is 11.2. The van der Waals surface area contributed by atoms with Gasteiger partial charge < -0.3 is 19.6 Å². The first-order valence-electron chi connectivity index (χ1n) is 7.26. The van der Waals surface area contributed by atoms with Crippen molar-refractivity contribution in [3.63, 3.8) is 0 Å². The average molecular weight is 308 g/mol. The molecule has 0 aliphatic carbocycles. The fourth-order valence-electron chi connectivity index (χ4n) is 2.26. The van der Waals surface area contributed by atoms with Crippen LogP contribution in [0.3, 0.4) is 0 Å². The van der Waals surface area contributed by atoms with Crippen LogP contribution in [0, 0.1) is 11.3 Å². The van der Waals surface area contributed by atoms with Gasteiger partial charge in [-0.05, 0) is 36.4 Å². The van der Waals surface area contributed by atoms with Gasteiger partial charge in [-0.3, -0.25) is 0 Å². The van der Waals surface area contributed by atoms with Crippen LogP contribution in [0.15, 0.2) is 54.7 Å². The van der Waals surface area contributed by atoms with Crippen LogP contribution in [-0.2, 0) is 0 Å². The fourth-order valence-corrected chi connectivity index (χ4v) is 2.26. The number of H-pyrrole nitrogens is 1. The summed E-state index contributed by atoms with van der Waals surface area (Å²) in [6.07, 6.45) is 1.08. The van der Waals surface area contributed by atoms with E-state index in [9.17, 15) is 5.11 Å². The van der Waals surface area contributed by atoms with E-state index in [1.807, 2.05) is 36.5 Å². The second kappa shape index (κ2) is 6.86. The third-order valence-electron chi connectivity index (χ3n) is 3.39. The number of nitrogens with zero attached hydrogens (tertiary/aromatic N) is 1. The van der Waals surface area contributed by atoms with Crippen LogP contribution < -0.4 is 9.47 Å². The van der Waals surface area contributed by atoms with Gasteiger partial charge in [0.1, 0.15) is 30.8 Å². The molecule has 0 radical (unpaired) electrons. The Labute approximate surface area is 133 Å². The number of benzene rings is 2. The van der Waals surface area contributed by atoms with Crippen molar-refractivity contribution in [2.75, 3.05) is 13.2 Å². The van der Waals surface area contributed by atoms with Gasteiger partial charge in [0.2, 0.25) is 0 Å². The monoisotopic (exact) mass is 308 g/mol. The molecule has 0 amide bonds. The maximum atomic E-state index is 10.00. The predicted octanol–water partition coefficient (Wildman–Crippen LogP) is 2.86. The van der Waals surface area contributed by atoms with Gasteiger partial charge in [-0.25, -0.2) is 0 Å². The number of nitriles is 1. The van der Waals surface area contributed by atoms with Crippen LogP contribution >= 0.6 is 0 Å². The van der Waals surface area contributed by atoms with Crippen LogP contribution in [0.25, 0.3) is 10.9 Å². The third-order valence-corrected chi connectivity index (χ3v) is 3.39.